The zero-order chi connectivity index (χ0) is 13.0. The first-order chi connectivity index (χ1) is 8.72. The number of halogens is 1. The monoisotopic (exact) mass is 271 g/mol. The van der Waals surface area contributed by atoms with Crippen molar-refractivity contribution in [3.8, 4) is 0 Å². The van der Waals surface area contributed by atoms with Gasteiger partial charge in [-0.05, 0) is 32.1 Å². The van der Waals surface area contributed by atoms with E-state index in [2.05, 4.69) is 12.0 Å². The van der Waals surface area contributed by atoms with Crippen LogP contribution in [0.3, 0.4) is 0 Å². The summed E-state index contributed by atoms with van der Waals surface area (Å²) in [6.07, 6.45) is 7.36. The lowest BCUT2D eigenvalue weighted by molar-refractivity contribution is 0.100. The quantitative estimate of drug-likeness (QED) is 0.866. The molecule has 0 spiro atoms. The molecule has 0 aromatic carbocycles. The summed E-state index contributed by atoms with van der Waals surface area (Å²) < 4.78 is 7.55. The lowest BCUT2D eigenvalue weighted by Crippen LogP contribution is -2.19. The summed E-state index contributed by atoms with van der Waals surface area (Å²) in [4.78, 5) is 0. The number of aryl methyl sites for hydroxylation is 1. The second-order valence-corrected chi connectivity index (χ2v) is 5.33. The predicted molar refractivity (Wildman–Crippen MR) is 72.7 cm³/mol. The highest BCUT2D eigenvalue weighted by molar-refractivity contribution is 6.31. The van der Waals surface area contributed by atoms with Crippen LogP contribution in [0, 0.1) is 0 Å². The fourth-order valence-corrected chi connectivity index (χ4v) is 2.79. The van der Waals surface area contributed by atoms with Crippen molar-refractivity contribution in [2.24, 2.45) is 5.73 Å². The van der Waals surface area contributed by atoms with Gasteiger partial charge in [0.2, 0.25) is 0 Å². The number of nitrogens with zero attached hydrogens (tertiary/aromatic N) is 2. The van der Waals surface area contributed by atoms with Crippen LogP contribution in [0.5, 0.6) is 0 Å². The minimum Gasteiger partial charge on any atom is -0.378 e. The Hall–Kier alpha value is -0.580. The average Bonchev–Trinajstić information content (AvgIpc) is 2.97. The van der Waals surface area contributed by atoms with Gasteiger partial charge < -0.3 is 10.5 Å². The van der Waals surface area contributed by atoms with Gasteiger partial charge in [0.1, 0.15) is 0 Å². The van der Waals surface area contributed by atoms with Crippen LogP contribution in [0.15, 0.2) is 6.20 Å². The Kier molecular flexibility index (Phi) is 5.03. The smallest absolute Gasteiger partial charge is 0.0834 e. The third-order valence-corrected chi connectivity index (χ3v) is 3.73. The van der Waals surface area contributed by atoms with Gasteiger partial charge in [0, 0.05) is 19.2 Å². The minimum atomic E-state index is -0.0456. The summed E-state index contributed by atoms with van der Waals surface area (Å²) in [6, 6.07) is -0.0456. The zero-order valence-corrected chi connectivity index (χ0v) is 11.7. The summed E-state index contributed by atoms with van der Waals surface area (Å²) in [7, 11) is 0. The normalized spacial score (nSPS) is 21.4. The third-order valence-electron chi connectivity index (χ3n) is 3.44. The molecule has 0 saturated carbocycles. The lowest BCUT2D eigenvalue weighted by Gasteiger charge is -2.16. The Balaban J connectivity index is 1.94. The van der Waals surface area contributed by atoms with Gasteiger partial charge in [-0.15, -0.1) is 0 Å². The van der Waals surface area contributed by atoms with Crippen LogP contribution in [-0.2, 0) is 11.3 Å². The number of nitrogens with two attached hydrogens (primary N) is 1. The lowest BCUT2D eigenvalue weighted by atomic mass is 10.0. The molecule has 1 aromatic rings. The molecule has 1 aliphatic rings. The topological polar surface area (TPSA) is 53.1 Å². The maximum Gasteiger partial charge on any atom is 0.0834 e. The first-order valence-electron chi connectivity index (χ1n) is 6.80. The van der Waals surface area contributed by atoms with Crippen molar-refractivity contribution < 1.29 is 4.74 Å². The third kappa shape index (κ3) is 3.25. The van der Waals surface area contributed by atoms with E-state index in [4.69, 9.17) is 22.1 Å². The molecule has 102 valence electrons. The number of ether oxygens (including phenoxy) is 1. The fraction of sp³-hybridized carbons (Fsp3) is 0.769. The Labute approximate surface area is 113 Å². The van der Waals surface area contributed by atoms with Gasteiger partial charge in [-0.2, -0.15) is 5.10 Å². The standard InChI is InChI=1S/C13H22ClN3O/c1-2-7-17-13(11(14)9-16-17)12(15)6-5-10-4-3-8-18-10/h9-10,12H,2-8,15H2,1H3. The van der Waals surface area contributed by atoms with E-state index in [0.717, 1.165) is 44.5 Å². The van der Waals surface area contributed by atoms with E-state index in [1.807, 2.05) is 4.68 Å². The van der Waals surface area contributed by atoms with Gasteiger partial charge in [-0.25, -0.2) is 0 Å². The summed E-state index contributed by atoms with van der Waals surface area (Å²) in [6.45, 7) is 3.89. The molecule has 0 amide bonds. The average molecular weight is 272 g/mol. The number of hydrogen-bond acceptors (Lipinski definition) is 3. The second-order valence-electron chi connectivity index (χ2n) is 4.92. The van der Waals surface area contributed by atoms with E-state index in [1.54, 1.807) is 6.20 Å². The van der Waals surface area contributed by atoms with Crippen molar-refractivity contribution >= 4 is 11.6 Å². The highest BCUT2D eigenvalue weighted by Gasteiger charge is 2.20. The SMILES string of the molecule is CCCn1ncc(Cl)c1C(N)CCC1CCCO1. The molecule has 2 heterocycles. The predicted octanol–water partition coefficient (Wildman–Crippen LogP) is 2.91. The van der Waals surface area contributed by atoms with E-state index in [0.29, 0.717) is 11.1 Å². The molecule has 1 aliphatic heterocycles. The molecule has 0 radical (unpaired) electrons. The van der Waals surface area contributed by atoms with Crippen LogP contribution < -0.4 is 5.73 Å². The van der Waals surface area contributed by atoms with Gasteiger partial charge in [-0.3, -0.25) is 4.68 Å². The van der Waals surface area contributed by atoms with Crippen LogP contribution >= 0.6 is 11.6 Å². The molecular formula is C13H22ClN3O. The molecule has 0 bridgehead atoms. The number of aromatic nitrogens is 2. The maximum absolute atomic E-state index is 6.25. The summed E-state index contributed by atoms with van der Waals surface area (Å²) in [5.41, 5.74) is 7.22. The Morgan fingerprint density at radius 1 is 1.67 bits per heavy atom. The largest absolute Gasteiger partial charge is 0.378 e. The molecule has 2 unspecified atom stereocenters. The van der Waals surface area contributed by atoms with Gasteiger partial charge in [0.15, 0.2) is 0 Å². The van der Waals surface area contributed by atoms with Crippen LogP contribution in [0.1, 0.15) is 50.8 Å². The minimum absolute atomic E-state index is 0.0456. The van der Waals surface area contributed by atoms with Crippen LogP contribution in [-0.4, -0.2) is 22.5 Å². The summed E-state index contributed by atoms with van der Waals surface area (Å²) in [5.74, 6) is 0. The molecule has 2 rings (SSSR count). The summed E-state index contributed by atoms with van der Waals surface area (Å²) >= 11 is 6.18. The van der Waals surface area contributed by atoms with Gasteiger partial charge >= 0.3 is 0 Å². The Morgan fingerprint density at radius 2 is 2.50 bits per heavy atom. The van der Waals surface area contributed by atoms with Crippen molar-refractivity contribution in [3.05, 3.63) is 16.9 Å². The van der Waals surface area contributed by atoms with E-state index < -0.39 is 0 Å². The Morgan fingerprint density at radius 3 is 3.17 bits per heavy atom. The number of rotatable bonds is 6. The van der Waals surface area contributed by atoms with Crippen LogP contribution in [0.25, 0.3) is 0 Å². The molecule has 1 saturated heterocycles. The molecule has 0 aliphatic carbocycles. The molecule has 2 atom stereocenters. The van der Waals surface area contributed by atoms with Crippen LogP contribution in [0.2, 0.25) is 5.02 Å². The van der Waals surface area contributed by atoms with Gasteiger partial charge in [0.05, 0.1) is 23.0 Å². The van der Waals surface area contributed by atoms with Crippen molar-refractivity contribution in [3.63, 3.8) is 0 Å². The van der Waals surface area contributed by atoms with Gasteiger partial charge in [0.25, 0.3) is 0 Å². The molecule has 2 N–H and O–H groups in total. The fourth-order valence-electron chi connectivity index (χ4n) is 2.50. The van der Waals surface area contributed by atoms with Crippen LogP contribution in [0.4, 0.5) is 0 Å². The Bertz CT molecular complexity index is 374. The maximum atomic E-state index is 6.25. The molecule has 18 heavy (non-hydrogen) atoms. The van der Waals surface area contributed by atoms with E-state index in [9.17, 15) is 0 Å². The van der Waals surface area contributed by atoms with Gasteiger partial charge in [-0.1, -0.05) is 18.5 Å². The number of hydrogen-bond donors (Lipinski definition) is 1. The van der Waals surface area contributed by atoms with Crippen molar-refractivity contribution in [1.29, 1.82) is 0 Å². The van der Waals surface area contributed by atoms with E-state index >= 15 is 0 Å². The molecular weight excluding hydrogens is 250 g/mol. The molecule has 1 aromatic heterocycles. The first kappa shape index (κ1) is 13.8. The zero-order valence-electron chi connectivity index (χ0n) is 10.9. The van der Waals surface area contributed by atoms with E-state index in [-0.39, 0.29) is 6.04 Å². The second kappa shape index (κ2) is 6.55. The molecule has 1 fully saturated rings. The highest BCUT2D eigenvalue weighted by atomic mass is 35.5. The van der Waals surface area contributed by atoms with E-state index in [1.165, 1.54) is 6.42 Å². The molecule has 4 nitrogen and oxygen atoms in total. The van der Waals surface area contributed by atoms with Crippen molar-refractivity contribution in [2.75, 3.05) is 6.61 Å². The summed E-state index contributed by atoms with van der Waals surface area (Å²) in [5, 5.41) is 4.96. The van der Waals surface area contributed by atoms with Crippen molar-refractivity contribution in [2.45, 2.75) is 57.7 Å². The highest BCUT2D eigenvalue weighted by Crippen LogP contribution is 2.27. The molecule has 5 heteroatoms. The van der Waals surface area contributed by atoms with Crippen molar-refractivity contribution in [1.82, 2.24) is 9.78 Å². The first-order valence-corrected chi connectivity index (χ1v) is 7.18.